The molecular weight excluding hydrogens is 220 g/mol. The Hall–Kier alpha value is -1.80. The number of aliphatic hydroxyl groups is 1. The van der Waals surface area contributed by atoms with E-state index in [4.69, 9.17) is 6.42 Å². The van der Waals surface area contributed by atoms with E-state index in [1.165, 1.54) is 6.07 Å². The van der Waals surface area contributed by atoms with Crippen molar-refractivity contribution in [3.8, 4) is 12.3 Å². The quantitative estimate of drug-likeness (QED) is 0.450. The van der Waals surface area contributed by atoms with Gasteiger partial charge in [-0.15, -0.1) is 12.3 Å². The van der Waals surface area contributed by atoms with Crippen LogP contribution in [0, 0.1) is 22.5 Å². The van der Waals surface area contributed by atoms with Crippen molar-refractivity contribution in [1.29, 1.82) is 0 Å². The first kappa shape index (κ1) is 13.3. The Balaban J connectivity index is 2.49. The molecule has 0 aromatic carbocycles. The minimum atomic E-state index is -0.821. The highest BCUT2D eigenvalue weighted by atomic mass is 16.6. The molecule has 0 aliphatic carbocycles. The summed E-state index contributed by atoms with van der Waals surface area (Å²) in [5.74, 6) is 2.46. The molecule has 1 heterocycles. The average molecular weight is 236 g/mol. The number of aromatic nitrogens is 1. The number of nitrogens with zero attached hydrogens (tertiary/aromatic N) is 1. The van der Waals surface area contributed by atoms with Crippen molar-refractivity contribution >= 4 is 5.82 Å². The molecule has 92 valence electrons. The lowest BCUT2D eigenvalue weighted by Crippen LogP contribution is -2.24. The van der Waals surface area contributed by atoms with Crippen LogP contribution in [0.5, 0.6) is 0 Å². The Morgan fingerprint density at radius 2 is 2.35 bits per heavy atom. The van der Waals surface area contributed by atoms with Crippen LogP contribution in [0.4, 0.5) is 5.82 Å². The Labute approximate surface area is 100 Å². The first-order valence-corrected chi connectivity index (χ1v) is 5.42. The number of hydrogen-bond donors (Lipinski definition) is 2. The van der Waals surface area contributed by atoms with E-state index >= 15 is 0 Å². The summed E-state index contributed by atoms with van der Waals surface area (Å²) in [5.41, 5.74) is -0.00371. The molecule has 1 atom stereocenters. The van der Waals surface area contributed by atoms with Crippen LogP contribution >= 0.6 is 0 Å². The summed E-state index contributed by atoms with van der Waals surface area (Å²) in [6.07, 6.45) is 8.91. The van der Waals surface area contributed by atoms with E-state index in [0.717, 1.165) is 5.56 Å². The molecule has 0 radical (unpaired) electrons. The molecule has 0 saturated heterocycles. The summed E-state index contributed by atoms with van der Waals surface area (Å²) < 4.78 is 0. The molecule has 5 heteroatoms. The molecule has 5 nitrogen and oxygen atoms in total. The Morgan fingerprint density at radius 3 is 2.88 bits per heavy atom. The zero-order valence-corrected chi connectivity index (χ0v) is 9.77. The topological polar surface area (TPSA) is 79.2 Å². The predicted octanol–water partition coefficient (Wildman–Crippen LogP) is 2.02. The number of hydrogen-bond acceptors (Lipinski definition) is 3. The highest BCUT2D eigenvalue weighted by molar-refractivity contribution is 5.26. The van der Waals surface area contributed by atoms with Gasteiger partial charge in [0.1, 0.15) is 0 Å². The van der Waals surface area contributed by atoms with Crippen LogP contribution in [0.15, 0.2) is 12.3 Å². The minimum Gasteiger partial charge on any atom is -0.390 e. The van der Waals surface area contributed by atoms with E-state index in [1.807, 2.05) is 0 Å². The number of nitrogens with one attached hydrogen (secondary N) is 1. The lowest BCUT2D eigenvalue weighted by molar-refractivity contribution is -0.389. The first-order chi connectivity index (χ1) is 7.94. The standard InChI is InChI=1S/C12H16N2O3/c1-3-4-6-12(2,15)7-5-10-8-11(13-9-10)14(16)17/h1,8-9,13,15H,4-7H2,2H3/t12-/m0/s1. The first-order valence-electron chi connectivity index (χ1n) is 5.42. The number of terminal acetylenes is 1. The van der Waals surface area contributed by atoms with Gasteiger partial charge in [-0.05, 0) is 36.7 Å². The fourth-order valence-corrected chi connectivity index (χ4v) is 1.56. The van der Waals surface area contributed by atoms with Crippen LogP contribution < -0.4 is 0 Å². The van der Waals surface area contributed by atoms with E-state index in [1.54, 1.807) is 13.1 Å². The lowest BCUT2D eigenvalue weighted by Gasteiger charge is -2.21. The van der Waals surface area contributed by atoms with Crippen molar-refractivity contribution in [2.75, 3.05) is 0 Å². The van der Waals surface area contributed by atoms with Gasteiger partial charge in [0.15, 0.2) is 0 Å². The normalized spacial score (nSPS) is 13.9. The van der Waals surface area contributed by atoms with Crippen LogP contribution in [-0.4, -0.2) is 20.6 Å². The molecule has 0 amide bonds. The van der Waals surface area contributed by atoms with Gasteiger partial charge in [-0.1, -0.05) is 0 Å². The summed E-state index contributed by atoms with van der Waals surface area (Å²) in [7, 11) is 0. The van der Waals surface area contributed by atoms with Crippen molar-refractivity contribution in [3.63, 3.8) is 0 Å². The second kappa shape index (κ2) is 5.51. The smallest absolute Gasteiger partial charge is 0.321 e. The summed E-state index contributed by atoms with van der Waals surface area (Å²) >= 11 is 0. The van der Waals surface area contributed by atoms with Gasteiger partial charge in [-0.2, -0.15) is 0 Å². The van der Waals surface area contributed by atoms with Crippen LogP contribution in [-0.2, 0) is 6.42 Å². The van der Waals surface area contributed by atoms with Gasteiger partial charge in [0, 0.05) is 12.5 Å². The number of aromatic amines is 1. The molecule has 0 aliphatic heterocycles. The second-order valence-corrected chi connectivity index (χ2v) is 4.35. The van der Waals surface area contributed by atoms with Gasteiger partial charge < -0.3 is 15.2 Å². The molecule has 0 saturated carbocycles. The van der Waals surface area contributed by atoms with Crippen LogP contribution in [0.1, 0.15) is 31.7 Å². The van der Waals surface area contributed by atoms with Crippen molar-refractivity contribution in [2.45, 2.75) is 38.2 Å². The van der Waals surface area contributed by atoms with E-state index in [-0.39, 0.29) is 5.82 Å². The molecule has 1 rings (SSSR count). The molecule has 0 unspecified atom stereocenters. The van der Waals surface area contributed by atoms with Gasteiger partial charge in [-0.3, -0.25) is 0 Å². The van der Waals surface area contributed by atoms with E-state index in [0.29, 0.717) is 25.7 Å². The molecular formula is C12H16N2O3. The third kappa shape index (κ3) is 4.29. The fraction of sp³-hybridized carbons (Fsp3) is 0.500. The largest absolute Gasteiger partial charge is 0.390 e. The Kier molecular flexibility index (Phi) is 4.30. The molecule has 0 bridgehead atoms. The summed E-state index contributed by atoms with van der Waals surface area (Å²) in [6.45, 7) is 1.73. The average Bonchev–Trinajstić information content (AvgIpc) is 2.73. The summed E-state index contributed by atoms with van der Waals surface area (Å²) in [5, 5.41) is 20.4. The molecule has 0 aliphatic rings. The van der Waals surface area contributed by atoms with Crippen molar-refractivity contribution in [2.24, 2.45) is 0 Å². The molecule has 0 spiro atoms. The van der Waals surface area contributed by atoms with Gasteiger partial charge in [0.2, 0.25) is 0 Å². The Bertz CT molecular complexity index is 429. The zero-order valence-electron chi connectivity index (χ0n) is 9.77. The summed E-state index contributed by atoms with van der Waals surface area (Å²) in [4.78, 5) is 12.6. The Morgan fingerprint density at radius 1 is 1.65 bits per heavy atom. The van der Waals surface area contributed by atoms with Crippen molar-refractivity contribution in [3.05, 3.63) is 27.9 Å². The lowest BCUT2D eigenvalue weighted by atomic mass is 9.93. The zero-order chi connectivity index (χ0) is 12.9. The summed E-state index contributed by atoms with van der Waals surface area (Å²) in [6, 6.07) is 1.48. The second-order valence-electron chi connectivity index (χ2n) is 4.35. The molecule has 1 aromatic rings. The van der Waals surface area contributed by atoms with E-state index in [2.05, 4.69) is 10.9 Å². The molecule has 1 aromatic heterocycles. The van der Waals surface area contributed by atoms with Crippen LogP contribution in [0.3, 0.4) is 0 Å². The predicted molar refractivity (Wildman–Crippen MR) is 64.5 cm³/mol. The van der Waals surface area contributed by atoms with Crippen LogP contribution in [0.2, 0.25) is 0 Å². The fourth-order valence-electron chi connectivity index (χ4n) is 1.56. The molecule has 0 fully saturated rings. The van der Waals surface area contributed by atoms with Gasteiger partial charge in [0.05, 0.1) is 11.8 Å². The maximum Gasteiger partial charge on any atom is 0.321 e. The highest BCUT2D eigenvalue weighted by Gasteiger charge is 2.20. The number of rotatable bonds is 6. The third-order valence-electron chi connectivity index (χ3n) is 2.68. The third-order valence-corrected chi connectivity index (χ3v) is 2.68. The van der Waals surface area contributed by atoms with Crippen molar-refractivity contribution in [1.82, 2.24) is 4.98 Å². The maximum absolute atomic E-state index is 10.5. The SMILES string of the molecule is C#CCC[C@](C)(O)CCc1c[nH]c([N+](=O)[O-])c1. The van der Waals surface area contributed by atoms with Crippen molar-refractivity contribution < 1.29 is 10.0 Å². The highest BCUT2D eigenvalue weighted by Crippen LogP contribution is 2.21. The maximum atomic E-state index is 10.5. The number of H-pyrrole nitrogens is 1. The molecule has 17 heavy (non-hydrogen) atoms. The van der Waals surface area contributed by atoms with Gasteiger partial charge in [-0.25, -0.2) is 4.98 Å². The minimum absolute atomic E-state index is 0.0248. The van der Waals surface area contributed by atoms with Crippen LogP contribution in [0.25, 0.3) is 0 Å². The van der Waals surface area contributed by atoms with Gasteiger partial charge >= 0.3 is 5.82 Å². The number of aryl methyl sites for hydroxylation is 1. The number of nitro groups is 1. The van der Waals surface area contributed by atoms with Gasteiger partial charge in [0.25, 0.3) is 0 Å². The van der Waals surface area contributed by atoms with E-state index in [9.17, 15) is 15.2 Å². The van der Waals surface area contributed by atoms with E-state index < -0.39 is 10.5 Å². The molecule has 2 N–H and O–H groups in total. The monoisotopic (exact) mass is 236 g/mol.